The Morgan fingerprint density at radius 2 is 1.87 bits per heavy atom. The Labute approximate surface area is 173 Å². The van der Waals surface area contributed by atoms with Gasteiger partial charge >= 0.3 is 6.18 Å². The van der Waals surface area contributed by atoms with Crippen LogP contribution in [0.15, 0.2) is 71.3 Å². The highest BCUT2D eigenvalue weighted by atomic mass is 32.2. The molecule has 1 aliphatic rings. The number of alkyl halides is 3. The third-order valence-electron chi connectivity index (χ3n) is 4.52. The van der Waals surface area contributed by atoms with E-state index in [0.717, 1.165) is 17.7 Å². The smallest absolute Gasteiger partial charge is 0.416 e. The number of carbonyl (C=O) groups excluding carboxylic acids is 2. The number of hydrogen-bond acceptors (Lipinski definition) is 4. The van der Waals surface area contributed by atoms with Gasteiger partial charge in [-0.15, -0.1) is 11.8 Å². The number of nitrogens with one attached hydrogen (secondary N) is 1. The molecule has 30 heavy (non-hydrogen) atoms. The maximum absolute atomic E-state index is 12.8. The van der Waals surface area contributed by atoms with Crippen molar-refractivity contribution in [3.63, 3.8) is 0 Å². The molecular weight excluding hydrogens is 417 g/mol. The van der Waals surface area contributed by atoms with Crippen molar-refractivity contribution in [2.75, 3.05) is 16.0 Å². The quantitative estimate of drug-likeness (QED) is 0.605. The minimum atomic E-state index is -4.44. The van der Waals surface area contributed by atoms with Crippen LogP contribution in [0.3, 0.4) is 0 Å². The third kappa shape index (κ3) is 4.06. The van der Waals surface area contributed by atoms with Gasteiger partial charge in [0, 0.05) is 11.4 Å². The summed E-state index contributed by atoms with van der Waals surface area (Å²) >= 11 is 1.36. The Balaban J connectivity index is 1.58. The standard InChI is InChI=1S/C21H15F3N2O3S/c22-21(23,24)14-6-8-16(9-7-14)26-18(27)12-30-20(26)13-3-1-4-15(11-13)25-19(28)17-5-2-10-29-17/h1-11,20H,12H2,(H,25,28)/t20-/m0/s1. The number of rotatable bonds is 4. The van der Waals surface area contributed by atoms with Crippen molar-refractivity contribution >= 4 is 35.0 Å². The Hall–Kier alpha value is -3.20. The highest BCUT2D eigenvalue weighted by Crippen LogP contribution is 2.43. The second-order valence-corrected chi connectivity index (χ2v) is 7.60. The summed E-state index contributed by atoms with van der Waals surface area (Å²) in [5, 5.41) is 2.31. The fourth-order valence-corrected chi connectivity index (χ4v) is 4.30. The maximum atomic E-state index is 12.8. The largest absolute Gasteiger partial charge is 0.459 e. The van der Waals surface area contributed by atoms with Crippen molar-refractivity contribution in [1.29, 1.82) is 0 Å². The first-order chi connectivity index (χ1) is 14.3. The topological polar surface area (TPSA) is 62.6 Å². The summed E-state index contributed by atoms with van der Waals surface area (Å²) in [5.74, 6) is -0.242. The summed E-state index contributed by atoms with van der Waals surface area (Å²) in [6.45, 7) is 0. The zero-order chi connectivity index (χ0) is 21.3. The summed E-state index contributed by atoms with van der Waals surface area (Å²) in [6.07, 6.45) is -3.05. The molecule has 0 spiro atoms. The Bertz CT molecular complexity index is 1070. The van der Waals surface area contributed by atoms with Gasteiger partial charge in [-0.25, -0.2) is 0 Å². The molecule has 1 atom stereocenters. The first kappa shape index (κ1) is 20.1. The molecule has 0 aliphatic carbocycles. The number of halogens is 3. The summed E-state index contributed by atoms with van der Waals surface area (Å²) in [5.41, 5.74) is 0.863. The van der Waals surface area contributed by atoms with Crippen LogP contribution in [-0.4, -0.2) is 17.6 Å². The monoisotopic (exact) mass is 432 g/mol. The highest BCUT2D eigenvalue weighted by molar-refractivity contribution is 8.00. The fourth-order valence-electron chi connectivity index (χ4n) is 3.13. The van der Waals surface area contributed by atoms with Crippen LogP contribution in [0.1, 0.15) is 27.1 Å². The molecule has 2 heterocycles. The van der Waals surface area contributed by atoms with Gasteiger partial charge < -0.3 is 9.73 Å². The van der Waals surface area contributed by atoms with E-state index in [4.69, 9.17) is 4.42 Å². The van der Waals surface area contributed by atoms with Crippen LogP contribution in [0.2, 0.25) is 0 Å². The molecule has 0 saturated carbocycles. The molecule has 2 aromatic carbocycles. The minimum absolute atomic E-state index is 0.164. The fraction of sp³-hybridized carbons (Fsp3) is 0.143. The van der Waals surface area contributed by atoms with E-state index in [-0.39, 0.29) is 17.4 Å². The first-order valence-electron chi connectivity index (χ1n) is 8.89. The summed E-state index contributed by atoms with van der Waals surface area (Å²) in [7, 11) is 0. The van der Waals surface area contributed by atoms with Gasteiger partial charge in [-0.05, 0) is 54.1 Å². The average molecular weight is 432 g/mol. The Morgan fingerprint density at radius 3 is 2.53 bits per heavy atom. The molecule has 0 unspecified atom stereocenters. The lowest BCUT2D eigenvalue weighted by Crippen LogP contribution is -2.28. The van der Waals surface area contributed by atoms with Crippen molar-refractivity contribution in [2.24, 2.45) is 0 Å². The molecule has 154 valence electrons. The highest BCUT2D eigenvalue weighted by Gasteiger charge is 2.35. The zero-order valence-corrected chi connectivity index (χ0v) is 16.2. The third-order valence-corrected chi connectivity index (χ3v) is 5.73. The van der Waals surface area contributed by atoms with E-state index in [1.54, 1.807) is 30.3 Å². The number of amides is 2. The SMILES string of the molecule is O=C(Nc1cccc([C@@H]2SCC(=O)N2c2ccc(C(F)(F)F)cc2)c1)c1ccco1. The molecule has 3 aromatic rings. The van der Waals surface area contributed by atoms with Gasteiger partial charge in [0.1, 0.15) is 5.37 Å². The first-order valence-corrected chi connectivity index (χ1v) is 9.93. The van der Waals surface area contributed by atoms with E-state index in [2.05, 4.69) is 5.32 Å². The van der Waals surface area contributed by atoms with Crippen molar-refractivity contribution in [3.8, 4) is 0 Å². The summed E-state index contributed by atoms with van der Waals surface area (Å²) in [6, 6.07) is 14.6. The second kappa shape index (κ2) is 7.91. The lowest BCUT2D eigenvalue weighted by Gasteiger charge is -2.25. The molecule has 1 fully saturated rings. The predicted octanol–water partition coefficient (Wildman–Crippen LogP) is 5.33. The van der Waals surface area contributed by atoms with E-state index in [1.165, 1.54) is 41.1 Å². The van der Waals surface area contributed by atoms with Gasteiger partial charge in [-0.2, -0.15) is 13.2 Å². The van der Waals surface area contributed by atoms with Crippen molar-refractivity contribution < 1.29 is 27.2 Å². The van der Waals surface area contributed by atoms with Crippen LogP contribution < -0.4 is 10.2 Å². The number of carbonyl (C=O) groups is 2. The van der Waals surface area contributed by atoms with Gasteiger partial charge in [0.05, 0.1) is 17.6 Å². The van der Waals surface area contributed by atoms with Gasteiger partial charge in [0.25, 0.3) is 5.91 Å². The molecule has 9 heteroatoms. The molecule has 1 aliphatic heterocycles. The van der Waals surface area contributed by atoms with Crippen LogP contribution in [0.25, 0.3) is 0 Å². The van der Waals surface area contributed by atoms with Crippen LogP contribution in [0.4, 0.5) is 24.5 Å². The van der Waals surface area contributed by atoms with Crippen LogP contribution in [0, 0.1) is 0 Å². The number of furan rings is 1. The molecule has 5 nitrogen and oxygen atoms in total. The molecule has 1 N–H and O–H groups in total. The van der Waals surface area contributed by atoms with Gasteiger partial charge in [-0.3, -0.25) is 14.5 Å². The molecule has 0 radical (unpaired) electrons. The second-order valence-electron chi connectivity index (χ2n) is 6.53. The summed E-state index contributed by atoms with van der Waals surface area (Å²) < 4.78 is 43.6. The van der Waals surface area contributed by atoms with Crippen LogP contribution >= 0.6 is 11.8 Å². The van der Waals surface area contributed by atoms with E-state index >= 15 is 0 Å². The van der Waals surface area contributed by atoms with Gasteiger partial charge in [0.15, 0.2) is 5.76 Å². The number of anilines is 2. The van der Waals surface area contributed by atoms with E-state index in [0.29, 0.717) is 11.4 Å². The molecule has 2 amide bonds. The molecule has 0 bridgehead atoms. The molecule has 1 saturated heterocycles. The van der Waals surface area contributed by atoms with Crippen LogP contribution in [-0.2, 0) is 11.0 Å². The summed E-state index contributed by atoms with van der Waals surface area (Å²) in [4.78, 5) is 26.1. The van der Waals surface area contributed by atoms with E-state index in [1.807, 2.05) is 0 Å². The van der Waals surface area contributed by atoms with Crippen molar-refractivity contribution in [1.82, 2.24) is 0 Å². The Kier molecular flexibility index (Phi) is 5.29. The van der Waals surface area contributed by atoms with Crippen LogP contribution in [0.5, 0.6) is 0 Å². The van der Waals surface area contributed by atoms with Crippen molar-refractivity contribution in [2.45, 2.75) is 11.6 Å². The maximum Gasteiger partial charge on any atom is 0.416 e. The lowest BCUT2D eigenvalue weighted by molar-refractivity contribution is -0.137. The molecule has 1 aromatic heterocycles. The number of benzene rings is 2. The average Bonchev–Trinajstić information content (AvgIpc) is 3.38. The normalized spacial score (nSPS) is 16.7. The lowest BCUT2D eigenvalue weighted by atomic mass is 10.1. The minimum Gasteiger partial charge on any atom is -0.459 e. The molecular formula is C21H15F3N2O3S. The van der Waals surface area contributed by atoms with E-state index < -0.39 is 23.0 Å². The predicted molar refractivity (Wildman–Crippen MR) is 107 cm³/mol. The van der Waals surface area contributed by atoms with Gasteiger partial charge in [-0.1, -0.05) is 12.1 Å². The number of hydrogen-bond donors (Lipinski definition) is 1. The van der Waals surface area contributed by atoms with Crippen molar-refractivity contribution in [3.05, 3.63) is 83.8 Å². The zero-order valence-electron chi connectivity index (χ0n) is 15.3. The molecule has 4 rings (SSSR count). The Morgan fingerprint density at radius 1 is 1.10 bits per heavy atom. The van der Waals surface area contributed by atoms with Gasteiger partial charge in [0.2, 0.25) is 5.91 Å². The van der Waals surface area contributed by atoms with E-state index in [9.17, 15) is 22.8 Å². The number of thioether (sulfide) groups is 1. The number of nitrogens with zero attached hydrogens (tertiary/aromatic N) is 1.